The molecule has 0 atom stereocenters. The molecule has 0 amide bonds. The lowest BCUT2D eigenvalue weighted by atomic mass is 10.0. The molecule has 184 valence electrons. The summed E-state index contributed by atoms with van der Waals surface area (Å²) in [5.74, 6) is 3.19. The van der Waals surface area contributed by atoms with Crippen molar-refractivity contribution in [3.8, 4) is 23.0 Å². The van der Waals surface area contributed by atoms with Crippen molar-refractivity contribution in [2.75, 3.05) is 59.8 Å². The van der Waals surface area contributed by atoms with Crippen molar-refractivity contribution < 1.29 is 13.9 Å². The van der Waals surface area contributed by atoms with Gasteiger partial charge in [0.1, 0.15) is 11.5 Å². The van der Waals surface area contributed by atoms with Crippen molar-refractivity contribution in [2.24, 2.45) is 0 Å². The van der Waals surface area contributed by atoms with Crippen molar-refractivity contribution in [3.63, 3.8) is 0 Å². The fourth-order valence-electron chi connectivity index (χ4n) is 4.39. The van der Waals surface area contributed by atoms with E-state index in [0.717, 1.165) is 90.6 Å². The molecule has 0 radical (unpaired) electrons. The average molecular weight is 467 g/mol. The van der Waals surface area contributed by atoms with E-state index in [1.807, 2.05) is 24.3 Å². The van der Waals surface area contributed by atoms with Crippen LogP contribution in [0.3, 0.4) is 0 Å². The van der Waals surface area contributed by atoms with Crippen LogP contribution in [0.5, 0.6) is 11.5 Å². The summed E-state index contributed by atoms with van der Waals surface area (Å²) in [6.45, 7) is 5.88. The van der Waals surface area contributed by atoms with Gasteiger partial charge < -0.3 is 29.0 Å². The lowest BCUT2D eigenvalue weighted by Gasteiger charge is -2.30. The Kier molecular flexibility index (Phi) is 7.95. The number of likely N-dealkylation sites (tertiary alicyclic amines) is 1. The molecule has 1 fully saturated rings. The molecule has 0 saturated carbocycles. The molecule has 1 saturated heterocycles. The summed E-state index contributed by atoms with van der Waals surface area (Å²) < 4.78 is 17.9. The zero-order chi connectivity index (χ0) is 24.1. The zero-order valence-electron chi connectivity index (χ0n) is 21.2. The minimum atomic E-state index is 0.422. The molecule has 7 heteroatoms. The highest BCUT2D eigenvalue weighted by molar-refractivity contribution is 5.95. The van der Waals surface area contributed by atoms with Crippen LogP contribution in [0, 0.1) is 0 Å². The molecule has 1 aliphatic rings. The minimum absolute atomic E-state index is 0.422. The number of fused-ring (bicyclic) bond motifs is 1. The average Bonchev–Trinajstić information content (AvgIpc) is 3.32. The van der Waals surface area contributed by atoms with Gasteiger partial charge in [-0.1, -0.05) is 6.92 Å². The highest BCUT2D eigenvalue weighted by Gasteiger charge is 2.20. The maximum Gasteiger partial charge on any atom is 0.163 e. The van der Waals surface area contributed by atoms with Crippen LogP contribution in [-0.4, -0.2) is 75.3 Å². The predicted octanol–water partition coefficient (Wildman–Crippen LogP) is 4.90. The zero-order valence-corrected chi connectivity index (χ0v) is 21.2. The number of anilines is 1. The van der Waals surface area contributed by atoms with Gasteiger partial charge in [0.25, 0.3) is 0 Å². The molecule has 4 rings (SSSR count). The van der Waals surface area contributed by atoms with Crippen LogP contribution in [-0.2, 0) is 6.42 Å². The molecular weight excluding hydrogens is 428 g/mol. The van der Waals surface area contributed by atoms with Crippen molar-refractivity contribution >= 4 is 16.6 Å². The second-order valence-electron chi connectivity index (χ2n) is 9.42. The number of rotatable bonds is 10. The van der Waals surface area contributed by atoms with Crippen LogP contribution in [0.1, 0.15) is 31.9 Å². The van der Waals surface area contributed by atoms with Gasteiger partial charge in [-0.05, 0) is 77.8 Å². The third-order valence-electron chi connectivity index (χ3n) is 6.44. The van der Waals surface area contributed by atoms with E-state index in [4.69, 9.17) is 18.9 Å². The lowest BCUT2D eigenvalue weighted by Crippen LogP contribution is -2.36. The van der Waals surface area contributed by atoms with Crippen molar-refractivity contribution in [1.82, 2.24) is 14.8 Å². The molecule has 34 heavy (non-hydrogen) atoms. The summed E-state index contributed by atoms with van der Waals surface area (Å²) in [4.78, 5) is 9.50. The summed E-state index contributed by atoms with van der Waals surface area (Å²) in [5.41, 5.74) is 2.75. The van der Waals surface area contributed by atoms with E-state index >= 15 is 0 Å². The molecule has 1 aromatic carbocycles. The molecule has 1 N–H and O–H groups in total. The molecule has 0 unspecified atom stereocenters. The van der Waals surface area contributed by atoms with Gasteiger partial charge in [0.15, 0.2) is 17.3 Å². The van der Waals surface area contributed by atoms with Gasteiger partial charge in [-0.3, -0.25) is 0 Å². The summed E-state index contributed by atoms with van der Waals surface area (Å²) in [7, 11) is 8.01. The number of nitrogens with one attached hydrogen (secondary N) is 1. The number of furan rings is 1. The van der Waals surface area contributed by atoms with Gasteiger partial charge in [-0.2, -0.15) is 0 Å². The summed E-state index contributed by atoms with van der Waals surface area (Å²) >= 11 is 0. The second kappa shape index (κ2) is 11.1. The minimum Gasteiger partial charge on any atom is -0.493 e. The molecule has 3 aromatic rings. The Morgan fingerprint density at radius 3 is 2.62 bits per heavy atom. The summed E-state index contributed by atoms with van der Waals surface area (Å²) in [6, 6.07) is 10.6. The normalized spacial score (nSPS) is 15.2. The van der Waals surface area contributed by atoms with Gasteiger partial charge in [0.2, 0.25) is 0 Å². The van der Waals surface area contributed by atoms with Gasteiger partial charge in [0.05, 0.1) is 19.2 Å². The quantitative estimate of drug-likeness (QED) is 0.426. The number of ether oxygens (including phenoxy) is 2. The highest BCUT2D eigenvalue weighted by Crippen LogP contribution is 2.38. The number of nitrogens with zero attached hydrogens (tertiary/aromatic N) is 3. The van der Waals surface area contributed by atoms with E-state index in [2.05, 4.69) is 49.2 Å². The molecule has 1 aliphatic heterocycles. The number of aromatic nitrogens is 1. The molecular formula is C27H38N4O3. The fraction of sp³-hybridized carbons (Fsp3) is 0.519. The first kappa shape index (κ1) is 24.4. The molecule has 0 spiro atoms. The maximum absolute atomic E-state index is 6.11. The Bertz CT molecular complexity index is 1090. The van der Waals surface area contributed by atoms with Crippen LogP contribution in [0.15, 0.2) is 34.7 Å². The standard InChI is InChI=1S/C27H38N4O3/c1-6-20-8-9-25(34-20)24-17-22(28-19-10-13-31(4)14-11-19)21-16-26(32-5)27(18-23(21)29-24)33-15-7-12-30(2)3/h8-9,16-19H,6-7,10-15H2,1-5H3,(H,28,29). The Labute approximate surface area is 203 Å². The first-order valence-electron chi connectivity index (χ1n) is 12.3. The largest absolute Gasteiger partial charge is 0.493 e. The summed E-state index contributed by atoms with van der Waals surface area (Å²) in [6.07, 6.45) is 4.02. The Morgan fingerprint density at radius 2 is 1.94 bits per heavy atom. The Morgan fingerprint density at radius 1 is 1.15 bits per heavy atom. The predicted molar refractivity (Wildman–Crippen MR) is 138 cm³/mol. The van der Waals surface area contributed by atoms with E-state index in [1.54, 1.807) is 7.11 Å². The third-order valence-corrected chi connectivity index (χ3v) is 6.44. The van der Waals surface area contributed by atoms with Crippen LogP contribution < -0.4 is 14.8 Å². The third kappa shape index (κ3) is 5.83. The molecule has 3 heterocycles. The van der Waals surface area contributed by atoms with Crippen molar-refractivity contribution in [1.29, 1.82) is 0 Å². The first-order valence-corrected chi connectivity index (χ1v) is 12.3. The summed E-state index contributed by atoms with van der Waals surface area (Å²) in [5, 5.41) is 4.83. The number of hydrogen-bond acceptors (Lipinski definition) is 7. The molecule has 7 nitrogen and oxygen atoms in total. The number of benzene rings is 1. The molecule has 0 bridgehead atoms. The van der Waals surface area contributed by atoms with E-state index in [0.29, 0.717) is 12.6 Å². The van der Waals surface area contributed by atoms with Gasteiger partial charge in [-0.25, -0.2) is 4.98 Å². The van der Waals surface area contributed by atoms with Crippen LogP contribution in [0.4, 0.5) is 5.69 Å². The number of piperidine rings is 1. The van der Waals surface area contributed by atoms with E-state index in [1.165, 1.54) is 0 Å². The van der Waals surface area contributed by atoms with Gasteiger partial charge in [0, 0.05) is 36.1 Å². The van der Waals surface area contributed by atoms with E-state index in [-0.39, 0.29) is 0 Å². The second-order valence-corrected chi connectivity index (χ2v) is 9.42. The Hall–Kier alpha value is -2.77. The smallest absolute Gasteiger partial charge is 0.163 e. The SMILES string of the molecule is CCc1ccc(-c2cc(NC3CCN(C)CC3)c3cc(OC)c(OCCCN(C)C)cc3n2)o1. The highest BCUT2D eigenvalue weighted by atomic mass is 16.5. The van der Waals surface area contributed by atoms with Crippen molar-refractivity contribution in [2.45, 2.75) is 38.6 Å². The van der Waals surface area contributed by atoms with Crippen LogP contribution in [0.25, 0.3) is 22.4 Å². The number of methoxy groups -OCH3 is 1. The first-order chi connectivity index (χ1) is 16.5. The monoisotopic (exact) mass is 466 g/mol. The van der Waals surface area contributed by atoms with Gasteiger partial charge in [-0.15, -0.1) is 0 Å². The number of aryl methyl sites for hydroxylation is 1. The van der Waals surface area contributed by atoms with E-state index < -0.39 is 0 Å². The van der Waals surface area contributed by atoms with Crippen molar-refractivity contribution in [3.05, 3.63) is 36.1 Å². The van der Waals surface area contributed by atoms with Crippen LogP contribution in [0.2, 0.25) is 0 Å². The lowest BCUT2D eigenvalue weighted by molar-refractivity contribution is 0.264. The number of pyridine rings is 1. The fourth-order valence-corrected chi connectivity index (χ4v) is 4.39. The van der Waals surface area contributed by atoms with E-state index in [9.17, 15) is 0 Å². The van der Waals surface area contributed by atoms with Gasteiger partial charge >= 0.3 is 0 Å². The maximum atomic E-state index is 6.11. The van der Waals surface area contributed by atoms with Crippen LogP contribution >= 0.6 is 0 Å². The molecule has 0 aliphatic carbocycles. The molecule has 2 aromatic heterocycles. The Balaban J connectivity index is 1.70. The topological polar surface area (TPSA) is 63.0 Å². The number of hydrogen-bond donors (Lipinski definition) is 1.